The van der Waals surface area contributed by atoms with Crippen LogP contribution in [0.1, 0.15) is 30.1 Å². The molecule has 1 aliphatic rings. The van der Waals surface area contributed by atoms with Crippen LogP contribution in [0.5, 0.6) is 0 Å². The molecule has 124 valence electrons. The molecule has 0 unspecified atom stereocenters. The van der Waals surface area contributed by atoms with Crippen LogP contribution in [0.4, 0.5) is 0 Å². The summed E-state index contributed by atoms with van der Waals surface area (Å²) in [4.78, 5) is 4.67. The van der Waals surface area contributed by atoms with E-state index in [0.717, 1.165) is 31.5 Å². The van der Waals surface area contributed by atoms with Gasteiger partial charge < -0.3 is 9.84 Å². The van der Waals surface area contributed by atoms with E-state index in [1.165, 1.54) is 0 Å². The number of nitrogens with zero attached hydrogens (tertiary/aromatic N) is 4. The second-order valence-electron chi connectivity index (χ2n) is 6.02. The van der Waals surface area contributed by atoms with Crippen LogP contribution < -0.4 is 5.32 Å². The van der Waals surface area contributed by atoms with E-state index in [9.17, 15) is 0 Å². The Morgan fingerprint density at radius 3 is 2.79 bits per heavy atom. The van der Waals surface area contributed by atoms with Gasteiger partial charge in [0.15, 0.2) is 5.82 Å². The Labute approximate surface area is 144 Å². The second-order valence-corrected chi connectivity index (χ2v) is 6.42. The predicted molar refractivity (Wildman–Crippen MR) is 90.0 cm³/mol. The van der Waals surface area contributed by atoms with Gasteiger partial charge in [0, 0.05) is 23.8 Å². The van der Waals surface area contributed by atoms with Gasteiger partial charge in [-0.05, 0) is 43.6 Å². The standard InChI is InChI=1S/C17H18ClN5O/c18-14-5-2-1-4-13(14)12-15-21-16(24-22-15)17(6-9-19-10-7-17)23-11-3-8-20-23/h1-5,8,11,19H,6-7,9-10,12H2. The highest BCUT2D eigenvalue weighted by Gasteiger charge is 2.41. The minimum absolute atomic E-state index is 0.375. The zero-order chi connectivity index (χ0) is 16.4. The molecule has 2 aromatic heterocycles. The average molecular weight is 344 g/mol. The maximum atomic E-state index is 6.23. The van der Waals surface area contributed by atoms with Gasteiger partial charge in [0.25, 0.3) is 5.89 Å². The van der Waals surface area contributed by atoms with Crippen molar-refractivity contribution in [2.45, 2.75) is 24.8 Å². The molecule has 1 saturated heterocycles. The van der Waals surface area contributed by atoms with Crippen molar-refractivity contribution in [3.63, 3.8) is 0 Å². The molecule has 0 radical (unpaired) electrons. The summed E-state index contributed by atoms with van der Waals surface area (Å²) in [5.74, 6) is 1.26. The van der Waals surface area contributed by atoms with Gasteiger partial charge in [0.2, 0.25) is 0 Å². The minimum Gasteiger partial charge on any atom is -0.337 e. The highest BCUT2D eigenvalue weighted by Crippen LogP contribution is 2.33. The van der Waals surface area contributed by atoms with Crippen LogP contribution >= 0.6 is 11.6 Å². The van der Waals surface area contributed by atoms with Gasteiger partial charge in [0.1, 0.15) is 5.54 Å². The molecule has 0 atom stereocenters. The molecule has 4 rings (SSSR count). The van der Waals surface area contributed by atoms with Gasteiger partial charge in [-0.2, -0.15) is 10.1 Å². The number of hydrogen-bond donors (Lipinski definition) is 1. The molecule has 7 heteroatoms. The van der Waals surface area contributed by atoms with E-state index in [4.69, 9.17) is 16.1 Å². The lowest BCUT2D eigenvalue weighted by atomic mass is 9.88. The highest BCUT2D eigenvalue weighted by atomic mass is 35.5. The van der Waals surface area contributed by atoms with Gasteiger partial charge in [-0.1, -0.05) is 35.0 Å². The van der Waals surface area contributed by atoms with Gasteiger partial charge in [0.05, 0.1) is 0 Å². The third-order valence-electron chi connectivity index (χ3n) is 4.55. The Morgan fingerprint density at radius 2 is 2.04 bits per heavy atom. The lowest BCUT2D eigenvalue weighted by molar-refractivity contribution is 0.172. The number of piperidine rings is 1. The Bertz CT molecular complexity index is 808. The monoisotopic (exact) mass is 343 g/mol. The van der Waals surface area contributed by atoms with E-state index in [0.29, 0.717) is 23.2 Å². The fourth-order valence-corrected chi connectivity index (χ4v) is 3.43. The van der Waals surface area contributed by atoms with Gasteiger partial charge in [-0.3, -0.25) is 4.68 Å². The molecule has 6 nitrogen and oxygen atoms in total. The highest BCUT2D eigenvalue weighted by molar-refractivity contribution is 6.31. The topological polar surface area (TPSA) is 68.8 Å². The summed E-state index contributed by atoms with van der Waals surface area (Å²) in [6, 6.07) is 9.64. The number of aromatic nitrogens is 4. The molecule has 0 aliphatic carbocycles. The van der Waals surface area contributed by atoms with Crippen LogP contribution in [-0.2, 0) is 12.0 Å². The maximum Gasteiger partial charge on any atom is 0.254 e. The quantitative estimate of drug-likeness (QED) is 0.788. The van der Waals surface area contributed by atoms with Gasteiger partial charge in [-0.15, -0.1) is 0 Å². The maximum absolute atomic E-state index is 6.23. The summed E-state index contributed by atoms with van der Waals surface area (Å²) < 4.78 is 7.60. The van der Waals surface area contributed by atoms with E-state index < -0.39 is 0 Å². The van der Waals surface area contributed by atoms with Crippen LogP contribution in [0, 0.1) is 0 Å². The molecule has 0 amide bonds. The SMILES string of the molecule is Clc1ccccc1Cc1noc(C2(n3cccn3)CCNCC2)n1. The number of benzene rings is 1. The third kappa shape index (κ3) is 2.72. The zero-order valence-electron chi connectivity index (χ0n) is 13.2. The van der Waals surface area contributed by atoms with Crippen LogP contribution in [0.3, 0.4) is 0 Å². The van der Waals surface area contributed by atoms with Crippen molar-refractivity contribution in [1.82, 2.24) is 25.2 Å². The molecule has 3 aromatic rings. The first-order valence-corrected chi connectivity index (χ1v) is 8.43. The molecule has 24 heavy (non-hydrogen) atoms. The lowest BCUT2D eigenvalue weighted by Crippen LogP contribution is -2.45. The third-order valence-corrected chi connectivity index (χ3v) is 4.91. The summed E-state index contributed by atoms with van der Waals surface area (Å²) >= 11 is 6.23. The Kier molecular flexibility index (Phi) is 4.08. The van der Waals surface area contributed by atoms with Gasteiger partial charge in [-0.25, -0.2) is 0 Å². The number of hydrogen-bond acceptors (Lipinski definition) is 5. The molecular formula is C17H18ClN5O. The summed E-state index contributed by atoms with van der Waals surface area (Å²) in [6.07, 6.45) is 6.02. The molecular weight excluding hydrogens is 326 g/mol. The normalized spacial score (nSPS) is 17.0. The molecule has 1 fully saturated rings. The average Bonchev–Trinajstić information content (AvgIpc) is 3.30. The van der Waals surface area contributed by atoms with Crippen molar-refractivity contribution in [3.05, 3.63) is 65.0 Å². The molecule has 0 spiro atoms. The van der Waals surface area contributed by atoms with E-state index in [1.54, 1.807) is 6.20 Å². The van der Waals surface area contributed by atoms with E-state index >= 15 is 0 Å². The van der Waals surface area contributed by atoms with E-state index in [1.807, 2.05) is 41.2 Å². The Balaban J connectivity index is 1.66. The number of rotatable bonds is 4. The van der Waals surface area contributed by atoms with Crippen LogP contribution in [0.15, 0.2) is 47.2 Å². The molecule has 0 saturated carbocycles. The van der Waals surface area contributed by atoms with Crippen molar-refractivity contribution in [3.8, 4) is 0 Å². The van der Waals surface area contributed by atoms with Crippen molar-refractivity contribution in [2.24, 2.45) is 0 Å². The fourth-order valence-electron chi connectivity index (χ4n) is 3.23. The molecule has 1 aromatic carbocycles. The fraction of sp³-hybridized carbons (Fsp3) is 0.353. The number of nitrogens with one attached hydrogen (secondary N) is 1. The second kappa shape index (κ2) is 6.37. The van der Waals surface area contributed by atoms with Crippen molar-refractivity contribution >= 4 is 11.6 Å². The van der Waals surface area contributed by atoms with Crippen molar-refractivity contribution in [1.29, 1.82) is 0 Å². The van der Waals surface area contributed by atoms with Crippen LogP contribution in [0.2, 0.25) is 5.02 Å². The minimum atomic E-state index is -0.375. The molecule has 1 N–H and O–H groups in total. The Hall–Kier alpha value is -2.18. The van der Waals surface area contributed by atoms with E-state index in [-0.39, 0.29) is 5.54 Å². The first-order chi connectivity index (χ1) is 11.8. The van der Waals surface area contributed by atoms with Crippen molar-refractivity contribution < 1.29 is 4.52 Å². The Morgan fingerprint density at radius 1 is 1.21 bits per heavy atom. The molecule has 1 aliphatic heterocycles. The molecule has 0 bridgehead atoms. The first kappa shape index (κ1) is 15.4. The lowest BCUT2D eigenvalue weighted by Gasteiger charge is -2.34. The van der Waals surface area contributed by atoms with Crippen LogP contribution in [-0.4, -0.2) is 33.0 Å². The van der Waals surface area contributed by atoms with E-state index in [2.05, 4.69) is 20.6 Å². The smallest absolute Gasteiger partial charge is 0.254 e. The largest absolute Gasteiger partial charge is 0.337 e. The number of halogens is 1. The summed E-state index contributed by atoms with van der Waals surface area (Å²) in [7, 11) is 0. The summed E-state index contributed by atoms with van der Waals surface area (Å²) in [6.45, 7) is 1.78. The predicted octanol–water partition coefficient (Wildman–Crippen LogP) is 2.64. The summed E-state index contributed by atoms with van der Waals surface area (Å²) in [5, 5.41) is 12.7. The first-order valence-electron chi connectivity index (χ1n) is 8.05. The molecule has 3 heterocycles. The van der Waals surface area contributed by atoms with Crippen LogP contribution in [0.25, 0.3) is 0 Å². The van der Waals surface area contributed by atoms with Gasteiger partial charge >= 0.3 is 0 Å². The summed E-state index contributed by atoms with van der Waals surface area (Å²) in [5.41, 5.74) is 0.616. The zero-order valence-corrected chi connectivity index (χ0v) is 13.9. The van der Waals surface area contributed by atoms with Crippen molar-refractivity contribution in [2.75, 3.05) is 13.1 Å².